The summed E-state index contributed by atoms with van der Waals surface area (Å²) in [6, 6.07) is 15.6. The van der Waals surface area contributed by atoms with Gasteiger partial charge in [-0.3, -0.25) is 4.79 Å². The highest BCUT2D eigenvalue weighted by Gasteiger charge is 2.43. The van der Waals surface area contributed by atoms with Gasteiger partial charge >= 0.3 is 6.18 Å². The minimum atomic E-state index is -4.69. The summed E-state index contributed by atoms with van der Waals surface area (Å²) >= 11 is 0. The van der Waals surface area contributed by atoms with E-state index in [9.17, 15) is 18.0 Å². The molecule has 0 saturated carbocycles. The number of carbonyl (C=O) groups excluding carboxylic acids is 1. The number of halogens is 3. The van der Waals surface area contributed by atoms with Gasteiger partial charge in [0.05, 0.1) is 7.11 Å². The number of anilines is 1. The molecule has 0 spiro atoms. The van der Waals surface area contributed by atoms with E-state index in [1.54, 1.807) is 31.4 Å². The van der Waals surface area contributed by atoms with Crippen LogP contribution in [0.3, 0.4) is 0 Å². The quantitative estimate of drug-likeness (QED) is 0.638. The molecule has 2 atom stereocenters. The Balaban J connectivity index is 1.58. The highest BCUT2D eigenvalue weighted by molar-refractivity contribution is 6.00. The average Bonchev–Trinajstić information content (AvgIpc) is 3.22. The zero-order chi connectivity index (χ0) is 22.5. The van der Waals surface area contributed by atoms with Gasteiger partial charge in [0.2, 0.25) is 5.95 Å². The number of nitrogens with one attached hydrogen (secondary N) is 1. The second-order valence-corrected chi connectivity index (χ2v) is 7.83. The summed E-state index contributed by atoms with van der Waals surface area (Å²) in [5.74, 6) is -0.771. The molecule has 0 radical (unpaired) electrons. The lowest BCUT2D eigenvalue weighted by atomic mass is 9.78. The third kappa shape index (κ3) is 3.43. The van der Waals surface area contributed by atoms with Gasteiger partial charge in [-0.15, -0.1) is 5.10 Å². The second-order valence-electron chi connectivity index (χ2n) is 7.83. The summed E-state index contributed by atoms with van der Waals surface area (Å²) in [6.45, 7) is 0. The largest absolute Gasteiger partial charge is 0.497 e. The Hall–Kier alpha value is -3.62. The summed E-state index contributed by atoms with van der Waals surface area (Å²) in [5.41, 5.74) is 2.67. The smallest absolute Gasteiger partial charge is 0.453 e. The van der Waals surface area contributed by atoms with Gasteiger partial charge in [0.1, 0.15) is 11.8 Å². The van der Waals surface area contributed by atoms with E-state index in [1.807, 2.05) is 30.3 Å². The fraction of sp³-hybridized carbons (Fsp3) is 0.261. The molecule has 2 aromatic carbocycles. The lowest BCUT2D eigenvalue weighted by Gasteiger charge is -2.35. The van der Waals surface area contributed by atoms with Gasteiger partial charge in [-0.2, -0.15) is 18.2 Å². The van der Waals surface area contributed by atoms with Crippen molar-refractivity contribution in [3.05, 3.63) is 82.8 Å². The van der Waals surface area contributed by atoms with Gasteiger partial charge in [-0.25, -0.2) is 4.68 Å². The Labute approximate surface area is 181 Å². The molecule has 32 heavy (non-hydrogen) atoms. The Morgan fingerprint density at radius 1 is 1.03 bits per heavy atom. The summed E-state index contributed by atoms with van der Waals surface area (Å²) in [4.78, 5) is 17.0. The number of hydrogen-bond donors (Lipinski definition) is 1. The maximum atomic E-state index is 13.3. The molecule has 1 aliphatic heterocycles. The zero-order valence-electron chi connectivity index (χ0n) is 17.1. The van der Waals surface area contributed by atoms with Crippen LogP contribution >= 0.6 is 0 Å². The first-order chi connectivity index (χ1) is 15.3. The number of hydrogen-bond acceptors (Lipinski definition) is 5. The predicted octanol–water partition coefficient (Wildman–Crippen LogP) is 4.72. The van der Waals surface area contributed by atoms with Crippen LogP contribution in [-0.2, 0) is 11.0 Å². The molecule has 0 bridgehead atoms. The molecule has 6 nitrogen and oxygen atoms in total. The first kappa shape index (κ1) is 20.3. The average molecular weight is 440 g/mol. The Morgan fingerprint density at radius 2 is 1.75 bits per heavy atom. The maximum absolute atomic E-state index is 13.3. The number of rotatable bonds is 3. The molecule has 1 aliphatic carbocycles. The SMILES string of the molecule is COc1ccc([C@@H]2CC(=O)C3=C(C2)Nc2nc(C(F)(F)F)nn2[C@@H]3c2ccccc2)cc1. The van der Waals surface area contributed by atoms with Crippen LogP contribution in [0.15, 0.2) is 65.9 Å². The molecular weight excluding hydrogens is 421 g/mol. The molecule has 164 valence electrons. The number of nitrogens with zero attached hydrogens (tertiary/aromatic N) is 3. The molecule has 1 N–H and O–H groups in total. The van der Waals surface area contributed by atoms with Crippen LogP contribution < -0.4 is 10.1 Å². The molecule has 0 saturated heterocycles. The van der Waals surface area contributed by atoms with Crippen molar-refractivity contribution in [3.8, 4) is 5.75 Å². The number of benzene rings is 2. The van der Waals surface area contributed by atoms with Crippen molar-refractivity contribution in [2.45, 2.75) is 31.0 Å². The lowest BCUT2D eigenvalue weighted by molar-refractivity contribution is -0.145. The van der Waals surface area contributed by atoms with E-state index in [0.717, 1.165) is 5.56 Å². The number of allylic oxidation sites excluding steroid dienone is 2. The fourth-order valence-electron chi connectivity index (χ4n) is 4.39. The Morgan fingerprint density at radius 3 is 2.41 bits per heavy atom. The van der Waals surface area contributed by atoms with Crippen molar-refractivity contribution in [3.63, 3.8) is 0 Å². The molecule has 2 aliphatic rings. The van der Waals surface area contributed by atoms with Crippen molar-refractivity contribution in [2.24, 2.45) is 0 Å². The topological polar surface area (TPSA) is 69.0 Å². The number of ketones is 1. The van der Waals surface area contributed by atoms with Crippen molar-refractivity contribution < 1.29 is 22.7 Å². The highest BCUT2D eigenvalue weighted by Crippen LogP contribution is 2.44. The number of carbonyl (C=O) groups is 1. The van der Waals surface area contributed by atoms with Crippen LogP contribution in [0, 0.1) is 0 Å². The van der Waals surface area contributed by atoms with Crippen LogP contribution in [-0.4, -0.2) is 27.7 Å². The first-order valence-electron chi connectivity index (χ1n) is 10.1. The first-order valence-corrected chi connectivity index (χ1v) is 10.1. The van der Waals surface area contributed by atoms with E-state index in [-0.39, 0.29) is 24.1 Å². The van der Waals surface area contributed by atoms with Crippen molar-refractivity contribution in [1.82, 2.24) is 14.8 Å². The number of Topliss-reactive ketones (excluding diaryl/α,β-unsaturated/α-hetero) is 1. The lowest BCUT2D eigenvalue weighted by Crippen LogP contribution is -2.33. The zero-order valence-corrected chi connectivity index (χ0v) is 17.1. The monoisotopic (exact) mass is 440 g/mol. The van der Waals surface area contributed by atoms with E-state index in [1.165, 1.54) is 4.68 Å². The van der Waals surface area contributed by atoms with Crippen LogP contribution in [0.2, 0.25) is 0 Å². The Kier molecular flexibility index (Phi) is 4.76. The fourth-order valence-corrected chi connectivity index (χ4v) is 4.39. The highest BCUT2D eigenvalue weighted by atomic mass is 19.4. The van der Waals surface area contributed by atoms with Gasteiger partial charge in [0, 0.05) is 17.7 Å². The Bertz CT molecular complexity index is 1200. The van der Waals surface area contributed by atoms with Crippen molar-refractivity contribution in [1.29, 1.82) is 0 Å². The number of aromatic nitrogens is 3. The van der Waals surface area contributed by atoms with E-state index < -0.39 is 18.0 Å². The standard InChI is InChI=1S/C23H19F3N4O2/c1-32-16-9-7-13(8-10-16)15-11-17-19(18(31)12-15)20(14-5-3-2-4-6-14)30-22(27-17)28-21(29-30)23(24,25)26/h2-10,15,20H,11-12H2,1H3,(H,27,28,29)/t15-,20+/m0/s1. The van der Waals surface area contributed by atoms with E-state index in [2.05, 4.69) is 15.4 Å². The summed E-state index contributed by atoms with van der Waals surface area (Å²) in [7, 11) is 1.58. The molecule has 5 rings (SSSR count). The minimum absolute atomic E-state index is 0.0203. The van der Waals surface area contributed by atoms with Gasteiger partial charge in [-0.05, 0) is 35.6 Å². The molecular formula is C23H19F3N4O2. The number of ether oxygens (including phenoxy) is 1. The molecule has 9 heteroatoms. The number of alkyl halides is 3. The van der Waals surface area contributed by atoms with Gasteiger partial charge in [-0.1, -0.05) is 42.5 Å². The summed E-state index contributed by atoms with van der Waals surface area (Å²) < 4.78 is 46.4. The van der Waals surface area contributed by atoms with Gasteiger partial charge in [0.25, 0.3) is 5.82 Å². The van der Waals surface area contributed by atoms with Gasteiger partial charge < -0.3 is 10.1 Å². The molecule has 0 amide bonds. The normalized spacial score (nSPS) is 20.4. The van der Waals surface area contributed by atoms with Crippen LogP contribution in [0.1, 0.15) is 41.8 Å². The third-order valence-electron chi connectivity index (χ3n) is 5.88. The molecule has 0 fully saturated rings. The predicted molar refractivity (Wildman–Crippen MR) is 110 cm³/mol. The van der Waals surface area contributed by atoms with Crippen molar-refractivity contribution >= 4 is 11.7 Å². The van der Waals surface area contributed by atoms with Crippen LogP contribution in [0.4, 0.5) is 19.1 Å². The van der Waals surface area contributed by atoms with E-state index >= 15 is 0 Å². The molecule has 2 heterocycles. The number of methoxy groups -OCH3 is 1. The molecule has 3 aromatic rings. The second kappa shape index (κ2) is 7.51. The summed E-state index contributed by atoms with van der Waals surface area (Å²) in [6.07, 6.45) is -3.96. The summed E-state index contributed by atoms with van der Waals surface area (Å²) in [5, 5.41) is 6.69. The molecule has 1 aromatic heterocycles. The maximum Gasteiger partial charge on any atom is 0.453 e. The van der Waals surface area contributed by atoms with Gasteiger partial charge in [0.15, 0.2) is 5.78 Å². The van der Waals surface area contributed by atoms with Crippen LogP contribution in [0.25, 0.3) is 0 Å². The third-order valence-corrected chi connectivity index (χ3v) is 5.88. The van der Waals surface area contributed by atoms with Crippen molar-refractivity contribution in [2.75, 3.05) is 12.4 Å². The van der Waals surface area contributed by atoms with E-state index in [4.69, 9.17) is 4.74 Å². The minimum Gasteiger partial charge on any atom is -0.497 e. The van der Waals surface area contributed by atoms with Crippen LogP contribution in [0.5, 0.6) is 5.75 Å². The molecule has 0 unspecified atom stereocenters. The number of fused-ring (bicyclic) bond motifs is 1. The van der Waals surface area contributed by atoms with E-state index in [0.29, 0.717) is 29.0 Å².